The van der Waals surface area contributed by atoms with Gasteiger partial charge in [-0.3, -0.25) is 0 Å². The Morgan fingerprint density at radius 2 is 1.13 bits per heavy atom. The second-order valence-electron chi connectivity index (χ2n) is 13.5. The first kappa shape index (κ1) is 31.5. The van der Waals surface area contributed by atoms with E-state index in [4.69, 9.17) is 47.4 Å². The lowest BCUT2D eigenvalue weighted by Crippen LogP contribution is -2.39. The Labute approximate surface area is 234 Å². The van der Waals surface area contributed by atoms with Crippen molar-refractivity contribution in [3.8, 4) is 0 Å². The topological polar surface area (TPSA) is 92.3 Å². The minimum atomic E-state index is -0.219. The highest BCUT2D eigenvalue weighted by molar-refractivity contribution is 4.75. The zero-order valence-corrected chi connectivity index (χ0v) is 24.9. The summed E-state index contributed by atoms with van der Waals surface area (Å²) in [6.45, 7) is 17.2. The van der Waals surface area contributed by atoms with E-state index >= 15 is 0 Å². The van der Waals surface area contributed by atoms with Crippen molar-refractivity contribution in [2.24, 2.45) is 10.8 Å². The Bertz CT molecular complexity index is 699. The summed E-state index contributed by atoms with van der Waals surface area (Å²) >= 11 is 0. The molecule has 10 nitrogen and oxygen atoms in total. The number of hydrogen-bond acceptors (Lipinski definition) is 10. The molecule has 4 aliphatic rings. The van der Waals surface area contributed by atoms with Crippen LogP contribution in [0.2, 0.25) is 0 Å². The summed E-state index contributed by atoms with van der Waals surface area (Å²) in [5.41, 5.74) is 0.241. The Kier molecular flexibility index (Phi) is 11.9. The van der Waals surface area contributed by atoms with Crippen molar-refractivity contribution in [1.82, 2.24) is 0 Å². The molecular weight excluding hydrogens is 508 g/mol. The van der Waals surface area contributed by atoms with Gasteiger partial charge in [-0.2, -0.15) is 0 Å². The monoisotopic (exact) mass is 560 g/mol. The van der Waals surface area contributed by atoms with Gasteiger partial charge in [-0.1, -0.05) is 41.5 Å². The van der Waals surface area contributed by atoms with E-state index in [1.807, 2.05) is 0 Å². The molecule has 4 heterocycles. The summed E-state index contributed by atoms with van der Waals surface area (Å²) in [5, 5.41) is 0. The predicted octanol–water partition coefficient (Wildman–Crippen LogP) is 4.03. The Morgan fingerprint density at radius 1 is 0.590 bits per heavy atom. The molecule has 0 aliphatic carbocycles. The summed E-state index contributed by atoms with van der Waals surface area (Å²) in [5.74, 6) is 0. The van der Waals surface area contributed by atoms with Crippen molar-refractivity contribution in [3.63, 3.8) is 0 Å². The summed E-state index contributed by atoms with van der Waals surface area (Å²) < 4.78 is 58.7. The molecular formula is C29H52O10. The van der Waals surface area contributed by atoms with Gasteiger partial charge in [0.1, 0.15) is 24.4 Å². The molecule has 4 saturated heterocycles. The van der Waals surface area contributed by atoms with E-state index in [0.29, 0.717) is 52.9 Å². The zero-order valence-electron chi connectivity index (χ0n) is 24.9. The molecule has 0 saturated carbocycles. The van der Waals surface area contributed by atoms with Gasteiger partial charge in [0.05, 0.1) is 52.9 Å². The molecule has 0 radical (unpaired) electrons. The fourth-order valence-corrected chi connectivity index (χ4v) is 4.85. The fraction of sp³-hybridized carbons (Fsp3) is 1.00. The Balaban J connectivity index is 0.983. The van der Waals surface area contributed by atoms with Gasteiger partial charge in [0.15, 0.2) is 25.2 Å². The number of rotatable bonds is 13. The third kappa shape index (κ3) is 11.1. The lowest BCUT2D eigenvalue weighted by atomic mass is 9.90. The van der Waals surface area contributed by atoms with Crippen LogP contribution in [0.1, 0.15) is 73.6 Å². The molecule has 4 fully saturated rings. The van der Waals surface area contributed by atoms with Crippen molar-refractivity contribution in [1.29, 1.82) is 0 Å². The summed E-state index contributed by atoms with van der Waals surface area (Å²) in [6, 6.07) is 0. The van der Waals surface area contributed by atoms with E-state index in [9.17, 15) is 0 Å². The summed E-state index contributed by atoms with van der Waals surface area (Å²) in [6.07, 6.45) is 3.51. The maximum atomic E-state index is 5.98. The Morgan fingerprint density at radius 3 is 1.74 bits per heavy atom. The minimum absolute atomic E-state index is 0.0285. The maximum absolute atomic E-state index is 5.98. The van der Waals surface area contributed by atoms with Crippen molar-refractivity contribution in [3.05, 3.63) is 0 Å². The zero-order chi connectivity index (χ0) is 27.9. The minimum Gasteiger partial charge on any atom is -0.376 e. The molecule has 4 rings (SSSR count). The van der Waals surface area contributed by atoms with Crippen molar-refractivity contribution >= 4 is 0 Å². The molecule has 228 valence electrons. The van der Waals surface area contributed by atoms with Crippen LogP contribution in [0.5, 0.6) is 0 Å². The molecule has 6 unspecified atom stereocenters. The lowest BCUT2D eigenvalue weighted by Gasteiger charge is -2.30. The molecule has 10 heteroatoms. The quantitative estimate of drug-likeness (QED) is 0.329. The highest BCUT2D eigenvalue weighted by Gasteiger charge is 2.36. The van der Waals surface area contributed by atoms with E-state index in [2.05, 4.69) is 41.5 Å². The molecule has 0 aromatic carbocycles. The smallest absolute Gasteiger partial charge is 0.163 e. The third-order valence-corrected chi connectivity index (χ3v) is 7.15. The van der Waals surface area contributed by atoms with E-state index in [1.165, 1.54) is 0 Å². The van der Waals surface area contributed by atoms with Crippen LogP contribution in [-0.4, -0.2) is 102 Å². The van der Waals surface area contributed by atoms with E-state index < -0.39 is 0 Å². The standard InChI is InChI=1S/C29H52O10/c1-28(2,3)11-10-26-35-18-23(38-26)16-31-20-14-32-24(33-15-20)8-7-9-25-34-17-21(37-25)12-30-13-22-19-36-27(39-22)29(4,5)6/h20-27H,7-19H2,1-6H3. The van der Waals surface area contributed by atoms with Crippen LogP contribution < -0.4 is 0 Å². The second kappa shape index (κ2) is 14.7. The maximum Gasteiger partial charge on any atom is 0.163 e. The van der Waals surface area contributed by atoms with Crippen LogP contribution in [0.4, 0.5) is 0 Å². The molecule has 0 bridgehead atoms. The second-order valence-corrected chi connectivity index (χ2v) is 13.5. The third-order valence-electron chi connectivity index (χ3n) is 7.15. The average Bonchev–Trinajstić information content (AvgIpc) is 3.63. The van der Waals surface area contributed by atoms with Crippen molar-refractivity contribution in [2.45, 2.75) is 123 Å². The highest BCUT2D eigenvalue weighted by atomic mass is 16.7. The van der Waals surface area contributed by atoms with Crippen LogP contribution >= 0.6 is 0 Å². The molecule has 0 spiro atoms. The lowest BCUT2D eigenvalue weighted by molar-refractivity contribution is -0.232. The first-order chi connectivity index (χ1) is 18.5. The molecule has 4 aliphatic heterocycles. The highest BCUT2D eigenvalue weighted by Crippen LogP contribution is 2.29. The van der Waals surface area contributed by atoms with Gasteiger partial charge in [-0.05, 0) is 37.5 Å². The van der Waals surface area contributed by atoms with Gasteiger partial charge in [0, 0.05) is 5.41 Å². The molecule has 0 aromatic heterocycles. The van der Waals surface area contributed by atoms with Crippen molar-refractivity contribution in [2.75, 3.05) is 52.9 Å². The van der Waals surface area contributed by atoms with E-state index in [-0.39, 0.29) is 60.4 Å². The molecule has 6 atom stereocenters. The number of ether oxygens (including phenoxy) is 10. The first-order valence-corrected chi connectivity index (χ1v) is 14.8. The number of hydrogen-bond donors (Lipinski definition) is 0. The van der Waals surface area contributed by atoms with Gasteiger partial charge in [0.25, 0.3) is 0 Å². The SMILES string of the molecule is CC(C)(C)CCC1OCC(COC2COC(CCCC3OCC(COCC4COC(C(C)(C)C)O4)O3)OC2)O1. The average molecular weight is 561 g/mol. The van der Waals surface area contributed by atoms with E-state index in [0.717, 1.165) is 32.1 Å². The Hall–Kier alpha value is -0.400. The molecule has 39 heavy (non-hydrogen) atoms. The first-order valence-electron chi connectivity index (χ1n) is 14.8. The normalized spacial score (nSPS) is 36.2. The van der Waals surface area contributed by atoms with Crippen LogP contribution in [0.3, 0.4) is 0 Å². The van der Waals surface area contributed by atoms with Gasteiger partial charge in [0.2, 0.25) is 0 Å². The van der Waals surface area contributed by atoms with Gasteiger partial charge in [-0.25, -0.2) is 0 Å². The van der Waals surface area contributed by atoms with Crippen LogP contribution in [0.25, 0.3) is 0 Å². The van der Waals surface area contributed by atoms with Crippen molar-refractivity contribution < 1.29 is 47.4 Å². The predicted molar refractivity (Wildman–Crippen MR) is 142 cm³/mol. The summed E-state index contributed by atoms with van der Waals surface area (Å²) in [4.78, 5) is 0. The molecule has 0 amide bonds. The largest absolute Gasteiger partial charge is 0.376 e. The van der Waals surface area contributed by atoms with E-state index in [1.54, 1.807) is 0 Å². The van der Waals surface area contributed by atoms with Crippen LogP contribution in [-0.2, 0) is 47.4 Å². The molecule has 0 N–H and O–H groups in total. The summed E-state index contributed by atoms with van der Waals surface area (Å²) in [7, 11) is 0. The van der Waals surface area contributed by atoms with Gasteiger partial charge >= 0.3 is 0 Å². The van der Waals surface area contributed by atoms with Gasteiger partial charge < -0.3 is 47.4 Å². The molecule has 0 aromatic rings. The fourth-order valence-electron chi connectivity index (χ4n) is 4.85. The van der Waals surface area contributed by atoms with Crippen LogP contribution in [0.15, 0.2) is 0 Å². The van der Waals surface area contributed by atoms with Crippen LogP contribution in [0, 0.1) is 10.8 Å². The van der Waals surface area contributed by atoms with Gasteiger partial charge in [-0.15, -0.1) is 0 Å².